The van der Waals surface area contributed by atoms with Crippen molar-refractivity contribution in [1.82, 2.24) is 14.3 Å². The minimum Gasteiger partial charge on any atom is -0.285 e. The van der Waals surface area contributed by atoms with Gasteiger partial charge in [0.15, 0.2) is 0 Å². The second-order valence-electron chi connectivity index (χ2n) is 4.31. The van der Waals surface area contributed by atoms with Crippen LogP contribution in [0.25, 0.3) is 0 Å². The first-order valence-electron chi connectivity index (χ1n) is 5.42. The molecule has 1 heterocycles. The van der Waals surface area contributed by atoms with Gasteiger partial charge in [0.1, 0.15) is 6.33 Å². The topological polar surface area (TPSA) is 39.8 Å². The Bertz CT molecular complexity index is 582. The Balaban J connectivity index is 1.85. The van der Waals surface area contributed by atoms with Gasteiger partial charge < -0.3 is 0 Å². The highest BCUT2D eigenvalue weighted by Gasteiger charge is 2.26. The summed E-state index contributed by atoms with van der Waals surface area (Å²) < 4.78 is 3.05. The van der Waals surface area contributed by atoms with Crippen LogP contribution >= 0.6 is 0 Å². The molecule has 0 radical (unpaired) electrons. The van der Waals surface area contributed by atoms with Crippen LogP contribution in [0.1, 0.15) is 17.0 Å². The second kappa shape index (κ2) is 3.33. The number of rotatable bonds is 2. The van der Waals surface area contributed by atoms with Crippen LogP contribution in [0.4, 0.5) is 0 Å². The van der Waals surface area contributed by atoms with E-state index < -0.39 is 0 Å². The highest BCUT2D eigenvalue weighted by molar-refractivity contribution is 5.39. The molecule has 82 valence electrons. The third kappa shape index (κ3) is 1.30. The molecule has 0 aliphatic heterocycles. The molecule has 1 aliphatic rings. The Morgan fingerprint density at radius 3 is 2.94 bits per heavy atom. The van der Waals surface area contributed by atoms with Gasteiger partial charge in [-0.3, -0.25) is 4.57 Å². The van der Waals surface area contributed by atoms with Crippen molar-refractivity contribution in [3.63, 3.8) is 0 Å². The van der Waals surface area contributed by atoms with Crippen LogP contribution in [0.15, 0.2) is 35.4 Å². The molecule has 0 spiro atoms. The Labute approximate surface area is 93.1 Å². The Kier molecular flexibility index (Phi) is 1.96. The van der Waals surface area contributed by atoms with Gasteiger partial charge in [0.25, 0.3) is 0 Å². The molecule has 0 amide bonds. The Hall–Kier alpha value is -1.84. The highest BCUT2D eigenvalue weighted by Crippen LogP contribution is 2.35. The molecule has 3 rings (SSSR count). The van der Waals surface area contributed by atoms with Gasteiger partial charge in [-0.15, -0.1) is 0 Å². The number of hydrogen-bond acceptors (Lipinski definition) is 2. The van der Waals surface area contributed by atoms with Crippen LogP contribution in [0.5, 0.6) is 0 Å². The number of benzene rings is 1. The molecular weight excluding hydrogens is 202 g/mol. The predicted octanol–water partition coefficient (Wildman–Crippen LogP) is 0.922. The molecule has 0 saturated carbocycles. The third-order valence-electron chi connectivity index (χ3n) is 3.24. The summed E-state index contributed by atoms with van der Waals surface area (Å²) in [7, 11) is 1.72. The smallest absolute Gasteiger partial charge is 0.285 e. The quantitative estimate of drug-likeness (QED) is 0.747. The number of nitrogens with zero attached hydrogens (tertiary/aromatic N) is 3. The summed E-state index contributed by atoms with van der Waals surface area (Å²) in [5.74, 6) is 0.448. The monoisotopic (exact) mass is 215 g/mol. The van der Waals surface area contributed by atoms with Crippen molar-refractivity contribution in [2.75, 3.05) is 0 Å². The lowest BCUT2D eigenvalue weighted by Gasteiger charge is -2.29. The van der Waals surface area contributed by atoms with E-state index in [1.807, 2.05) is 6.07 Å². The summed E-state index contributed by atoms with van der Waals surface area (Å²) in [5.41, 5.74) is 2.72. The fraction of sp³-hybridized carbons (Fsp3) is 0.333. The molecule has 0 fully saturated rings. The second-order valence-corrected chi connectivity index (χ2v) is 4.31. The number of aryl methyl sites for hydroxylation is 1. The zero-order valence-electron chi connectivity index (χ0n) is 9.13. The van der Waals surface area contributed by atoms with E-state index in [1.165, 1.54) is 15.7 Å². The highest BCUT2D eigenvalue weighted by atomic mass is 16.2. The summed E-state index contributed by atoms with van der Waals surface area (Å²) in [6.45, 7) is 0.691. The van der Waals surface area contributed by atoms with Crippen molar-refractivity contribution in [1.29, 1.82) is 0 Å². The SMILES string of the molecule is Cn1cnn(CC2Cc3ccccc32)c1=O. The fourth-order valence-electron chi connectivity index (χ4n) is 2.28. The molecule has 2 aromatic rings. The predicted molar refractivity (Wildman–Crippen MR) is 60.4 cm³/mol. The lowest BCUT2D eigenvalue weighted by atomic mass is 9.78. The standard InChI is InChI=1S/C12H13N3O/c1-14-8-13-15(12(14)16)7-10-6-9-4-2-3-5-11(9)10/h2-5,8,10H,6-7H2,1H3. The van der Waals surface area contributed by atoms with Gasteiger partial charge >= 0.3 is 5.69 Å². The van der Waals surface area contributed by atoms with E-state index in [0.29, 0.717) is 12.5 Å². The molecule has 0 bridgehead atoms. The fourth-order valence-corrected chi connectivity index (χ4v) is 2.28. The van der Waals surface area contributed by atoms with E-state index in [1.54, 1.807) is 18.1 Å². The van der Waals surface area contributed by atoms with Crippen molar-refractivity contribution in [2.45, 2.75) is 18.9 Å². The molecule has 4 nitrogen and oxygen atoms in total. The number of hydrogen-bond donors (Lipinski definition) is 0. The zero-order valence-corrected chi connectivity index (χ0v) is 9.13. The number of fused-ring (bicyclic) bond motifs is 1. The molecule has 1 aromatic heterocycles. The van der Waals surface area contributed by atoms with Crippen LogP contribution in [-0.4, -0.2) is 14.3 Å². The maximum Gasteiger partial charge on any atom is 0.345 e. The summed E-state index contributed by atoms with van der Waals surface area (Å²) in [6, 6.07) is 8.39. The van der Waals surface area contributed by atoms with Crippen LogP contribution in [0.2, 0.25) is 0 Å². The van der Waals surface area contributed by atoms with Crippen molar-refractivity contribution in [3.05, 3.63) is 52.2 Å². The van der Waals surface area contributed by atoms with Crippen molar-refractivity contribution >= 4 is 0 Å². The van der Waals surface area contributed by atoms with Gasteiger partial charge in [0.05, 0.1) is 6.54 Å². The van der Waals surface area contributed by atoms with E-state index >= 15 is 0 Å². The van der Waals surface area contributed by atoms with Gasteiger partial charge in [0, 0.05) is 13.0 Å². The maximum atomic E-state index is 11.6. The van der Waals surface area contributed by atoms with Crippen molar-refractivity contribution in [2.24, 2.45) is 7.05 Å². The molecular formula is C12H13N3O. The van der Waals surface area contributed by atoms with E-state index in [2.05, 4.69) is 23.3 Å². The van der Waals surface area contributed by atoms with Gasteiger partial charge in [-0.2, -0.15) is 5.10 Å². The average molecular weight is 215 g/mol. The van der Waals surface area contributed by atoms with Crippen LogP contribution in [0, 0.1) is 0 Å². The molecule has 1 aromatic carbocycles. The average Bonchev–Trinajstić information content (AvgIpc) is 2.57. The summed E-state index contributed by atoms with van der Waals surface area (Å²) >= 11 is 0. The first-order valence-corrected chi connectivity index (χ1v) is 5.42. The Morgan fingerprint density at radius 1 is 1.44 bits per heavy atom. The zero-order chi connectivity index (χ0) is 11.1. The van der Waals surface area contributed by atoms with E-state index in [4.69, 9.17) is 0 Å². The van der Waals surface area contributed by atoms with Crippen molar-refractivity contribution in [3.8, 4) is 0 Å². The molecule has 16 heavy (non-hydrogen) atoms. The summed E-state index contributed by atoms with van der Waals surface area (Å²) in [5, 5.41) is 4.08. The minimum absolute atomic E-state index is 0.0376. The normalized spacial score (nSPS) is 17.9. The van der Waals surface area contributed by atoms with E-state index in [0.717, 1.165) is 6.42 Å². The van der Waals surface area contributed by atoms with Gasteiger partial charge in [-0.05, 0) is 17.5 Å². The lowest BCUT2D eigenvalue weighted by molar-refractivity contribution is 0.461. The van der Waals surface area contributed by atoms with Crippen LogP contribution in [-0.2, 0) is 20.0 Å². The minimum atomic E-state index is -0.0376. The third-order valence-corrected chi connectivity index (χ3v) is 3.24. The van der Waals surface area contributed by atoms with Crippen LogP contribution < -0.4 is 5.69 Å². The number of aromatic nitrogens is 3. The van der Waals surface area contributed by atoms with Gasteiger partial charge in [0.2, 0.25) is 0 Å². The van der Waals surface area contributed by atoms with Crippen LogP contribution in [0.3, 0.4) is 0 Å². The summed E-state index contributed by atoms with van der Waals surface area (Å²) in [4.78, 5) is 11.6. The van der Waals surface area contributed by atoms with E-state index in [9.17, 15) is 4.79 Å². The lowest BCUT2D eigenvalue weighted by Crippen LogP contribution is -2.29. The largest absolute Gasteiger partial charge is 0.345 e. The molecule has 0 N–H and O–H groups in total. The van der Waals surface area contributed by atoms with E-state index in [-0.39, 0.29) is 5.69 Å². The Morgan fingerprint density at radius 2 is 2.25 bits per heavy atom. The molecule has 0 saturated heterocycles. The van der Waals surface area contributed by atoms with Gasteiger partial charge in [-0.1, -0.05) is 24.3 Å². The molecule has 4 heteroatoms. The molecule has 1 atom stereocenters. The summed E-state index contributed by atoms with van der Waals surface area (Å²) in [6.07, 6.45) is 2.62. The first kappa shape index (κ1) is 9.39. The first-order chi connectivity index (χ1) is 7.75. The maximum absolute atomic E-state index is 11.6. The molecule has 1 aliphatic carbocycles. The van der Waals surface area contributed by atoms with Gasteiger partial charge in [-0.25, -0.2) is 9.48 Å². The molecule has 1 unspecified atom stereocenters. The van der Waals surface area contributed by atoms with Crippen molar-refractivity contribution < 1.29 is 0 Å².